The van der Waals surface area contributed by atoms with Gasteiger partial charge in [-0.15, -0.1) is 0 Å². The molecule has 30 heavy (non-hydrogen) atoms. The maximum atomic E-state index is 13.3. The van der Waals surface area contributed by atoms with Crippen molar-refractivity contribution in [2.45, 2.75) is 18.6 Å². The van der Waals surface area contributed by atoms with Crippen molar-refractivity contribution in [2.75, 3.05) is 11.6 Å². The number of hydrogen-bond acceptors (Lipinski definition) is 4. The number of nitrogens with zero attached hydrogens (tertiary/aromatic N) is 4. The molecule has 0 unspecified atom stereocenters. The maximum Gasteiger partial charge on any atom is 0.274 e. The summed E-state index contributed by atoms with van der Waals surface area (Å²) in [6, 6.07) is 13.7. The minimum atomic E-state index is -0.332. The number of aryl methyl sites for hydroxylation is 1. The van der Waals surface area contributed by atoms with E-state index < -0.39 is 0 Å². The average Bonchev–Trinajstić information content (AvgIpc) is 3.36. The fraction of sp³-hybridized carbons (Fsp3) is 0.136. The third-order valence-electron chi connectivity index (χ3n) is 4.72. The number of rotatable bonds is 6. The molecule has 6 nitrogen and oxygen atoms in total. The summed E-state index contributed by atoms with van der Waals surface area (Å²) in [7, 11) is 0. The van der Waals surface area contributed by atoms with Gasteiger partial charge in [0.1, 0.15) is 17.3 Å². The van der Waals surface area contributed by atoms with E-state index in [1.165, 1.54) is 30.1 Å². The van der Waals surface area contributed by atoms with Gasteiger partial charge in [-0.25, -0.2) is 14.4 Å². The monoisotopic (exact) mass is 421 g/mol. The van der Waals surface area contributed by atoms with E-state index in [0.717, 1.165) is 11.4 Å². The smallest absolute Gasteiger partial charge is 0.274 e. The number of imidazole rings is 2. The van der Waals surface area contributed by atoms with Gasteiger partial charge in [-0.1, -0.05) is 23.9 Å². The van der Waals surface area contributed by atoms with Gasteiger partial charge in [-0.2, -0.15) is 0 Å². The molecule has 4 aromatic rings. The molecule has 1 amide bonds. The Hall–Kier alpha value is -3.39. The molecule has 152 valence electrons. The average molecular weight is 422 g/mol. The highest BCUT2D eigenvalue weighted by molar-refractivity contribution is 7.98. The molecule has 0 fully saturated rings. The number of carbonyl (C=O) groups excluding carboxylic acids is 1. The molecule has 8 heteroatoms. The van der Waals surface area contributed by atoms with Crippen LogP contribution in [-0.4, -0.2) is 31.3 Å². The molecule has 0 saturated carbocycles. The first kappa shape index (κ1) is 19.9. The molecule has 0 spiro atoms. The summed E-state index contributed by atoms with van der Waals surface area (Å²) in [4.78, 5) is 21.5. The molecule has 0 atom stereocenters. The van der Waals surface area contributed by atoms with Crippen LogP contribution in [0, 0.1) is 12.7 Å². The summed E-state index contributed by atoms with van der Waals surface area (Å²) >= 11 is 1.41. The summed E-state index contributed by atoms with van der Waals surface area (Å²) in [6.07, 6.45) is 7.12. The SMILES string of the molecule is CSc1ncc(C(=O)Nc2ccc(Cn3ccnc3C)cc2)n1-c1ccc(F)cc1. The Bertz CT molecular complexity index is 1170. The molecule has 1 N–H and O–H groups in total. The lowest BCUT2D eigenvalue weighted by Crippen LogP contribution is -2.16. The van der Waals surface area contributed by atoms with E-state index in [1.807, 2.05) is 43.6 Å². The summed E-state index contributed by atoms with van der Waals surface area (Å²) in [6.45, 7) is 2.68. The Morgan fingerprint density at radius 3 is 2.47 bits per heavy atom. The lowest BCUT2D eigenvalue weighted by molar-refractivity contribution is 0.102. The number of nitrogens with one attached hydrogen (secondary N) is 1. The van der Waals surface area contributed by atoms with Gasteiger partial charge in [0.2, 0.25) is 0 Å². The minimum Gasteiger partial charge on any atom is -0.331 e. The fourth-order valence-corrected chi connectivity index (χ4v) is 3.68. The molecule has 0 saturated heterocycles. The zero-order valence-corrected chi connectivity index (χ0v) is 17.4. The third-order valence-corrected chi connectivity index (χ3v) is 5.37. The molecule has 0 radical (unpaired) electrons. The van der Waals surface area contributed by atoms with E-state index >= 15 is 0 Å². The highest BCUT2D eigenvalue weighted by Gasteiger charge is 2.18. The number of benzene rings is 2. The van der Waals surface area contributed by atoms with Crippen LogP contribution in [0.15, 0.2) is 72.3 Å². The Balaban J connectivity index is 1.53. The van der Waals surface area contributed by atoms with E-state index in [1.54, 1.807) is 22.9 Å². The minimum absolute atomic E-state index is 0.287. The molecular formula is C22H20FN5OS. The van der Waals surface area contributed by atoms with Crippen LogP contribution in [-0.2, 0) is 6.54 Å². The van der Waals surface area contributed by atoms with Gasteiger partial charge in [-0.05, 0) is 55.1 Å². The molecule has 2 heterocycles. The van der Waals surface area contributed by atoms with Crippen LogP contribution >= 0.6 is 11.8 Å². The van der Waals surface area contributed by atoms with Gasteiger partial charge in [0.05, 0.1) is 6.20 Å². The van der Waals surface area contributed by atoms with Crippen LogP contribution in [0.4, 0.5) is 10.1 Å². The van der Waals surface area contributed by atoms with Gasteiger partial charge in [0.25, 0.3) is 5.91 Å². The van der Waals surface area contributed by atoms with Crippen molar-refractivity contribution in [3.63, 3.8) is 0 Å². The van der Waals surface area contributed by atoms with Gasteiger partial charge in [0, 0.05) is 30.3 Å². The van der Waals surface area contributed by atoms with Crippen LogP contribution in [0.1, 0.15) is 21.9 Å². The zero-order chi connectivity index (χ0) is 21.1. The molecule has 0 bridgehead atoms. The maximum absolute atomic E-state index is 13.3. The highest BCUT2D eigenvalue weighted by atomic mass is 32.2. The number of halogens is 1. The predicted octanol–water partition coefficient (Wildman–Crippen LogP) is 4.54. The van der Waals surface area contributed by atoms with Crippen LogP contribution in [0.25, 0.3) is 5.69 Å². The van der Waals surface area contributed by atoms with E-state index in [4.69, 9.17) is 0 Å². The first-order valence-corrected chi connectivity index (χ1v) is 10.5. The number of hydrogen-bond donors (Lipinski definition) is 1. The largest absolute Gasteiger partial charge is 0.331 e. The van der Waals surface area contributed by atoms with Crippen molar-refractivity contribution < 1.29 is 9.18 Å². The van der Waals surface area contributed by atoms with E-state index in [-0.39, 0.29) is 11.7 Å². The van der Waals surface area contributed by atoms with E-state index in [0.29, 0.717) is 28.8 Å². The molecule has 2 aromatic heterocycles. The quantitative estimate of drug-likeness (QED) is 0.464. The van der Waals surface area contributed by atoms with Crippen LogP contribution in [0.3, 0.4) is 0 Å². The summed E-state index contributed by atoms with van der Waals surface area (Å²) in [5.41, 5.74) is 2.84. The molecule has 0 aliphatic heterocycles. The highest BCUT2D eigenvalue weighted by Crippen LogP contribution is 2.23. The van der Waals surface area contributed by atoms with Crippen molar-refractivity contribution in [1.82, 2.24) is 19.1 Å². The van der Waals surface area contributed by atoms with Crippen LogP contribution < -0.4 is 5.32 Å². The van der Waals surface area contributed by atoms with Crippen LogP contribution in [0.2, 0.25) is 0 Å². The summed E-state index contributed by atoms with van der Waals surface area (Å²) in [5, 5.41) is 3.56. The van der Waals surface area contributed by atoms with E-state index in [9.17, 15) is 9.18 Å². The number of carbonyl (C=O) groups is 1. The first-order chi connectivity index (χ1) is 14.5. The number of aromatic nitrogens is 4. The lowest BCUT2D eigenvalue weighted by atomic mass is 10.2. The topological polar surface area (TPSA) is 64.7 Å². The van der Waals surface area contributed by atoms with Gasteiger partial charge < -0.3 is 9.88 Å². The van der Waals surface area contributed by atoms with E-state index in [2.05, 4.69) is 19.9 Å². The normalized spacial score (nSPS) is 10.9. The Morgan fingerprint density at radius 1 is 1.10 bits per heavy atom. The summed E-state index contributed by atoms with van der Waals surface area (Å²) in [5.74, 6) is 0.331. The summed E-state index contributed by atoms with van der Waals surface area (Å²) < 4.78 is 17.1. The molecule has 0 aliphatic rings. The van der Waals surface area contributed by atoms with Gasteiger partial charge in [0.15, 0.2) is 5.16 Å². The third kappa shape index (κ3) is 4.13. The Kier molecular flexibility index (Phi) is 5.67. The lowest BCUT2D eigenvalue weighted by Gasteiger charge is -2.12. The number of thioether (sulfide) groups is 1. The number of anilines is 1. The van der Waals surface area contributed by atoms with Crippen molar-refractivity contribution in [3.8, 4) is 5.69 Å². The molecule has 0 aliphatic carbocycles. The van der Waals surface area contributed by atoms with Crippen molar-refractivity contribution in [1.29, 1.82) is 0 Å². The number of amides is 1. The molecular weight excluding hydrogens is 401 g/mol. The Morgan fingerprint density at radius 2 is 1.83 bits per heavy atom. The second-order valence-corrected chi connectivity index (χ2v) is 7.47. The van der Waals surface area contributed by atoms with Crippen molar-refractivity contribution in [2.24, 2.45) is 0 Å². The van der Waals surface area contributed by atoms with Crippen molar-refractivity contribution in [3.05, 3.63) is 90.0 Å². The fourth-order valence-electron chi connectivity index (χ4n) is 3.13. The second-order valence-electron chi connectivity index (χ2n) is 6.70. The van der Waals surface area contributed by atoms with Crippen molar-refractivity contribution >= 4 is 23.4 Å². The zero-order valence-electron chi connectivity index (χ0n) is 16.5. The standard InChI is InChI=1S/C22H20FN5OS/c1-15-24-11-12-27(15)14-16-3-7-18(8-4-16)26-21(29)20-13-25-22(30-2)28(20)19-9-5-17(23)6-10-19/h3-13H,14H2,1-2H3,(H,26,29). The predicted molar refractivity (Wildman–Crippen MR) is 116 cm³/mol. The molecule has 4 rings (SSSR count). The Labute approximate surface area is 177 Å². The van der Waals surface area contributed by atoms with Gasteiger partial charge in [-0.3, -0.25) is 9.36 Å². The first-order valence-electron chi connectivity index (χ1n) is 9.31. The van der Waals surface area contributed by atoms with Crippen LogP contribution in [0.5, 0.6) is 0 Å². The van der Waals surface area contributed by atoms with Gasteiger partial charge >= 0.3 is 0 Å². The second kappa shape index (κ2) is 8.54. The molecule has 2 aromatic carbocycles.